The normalized spacial score (nSPS) is 26.5. The van der Waals surface area contributed by atoms with Crippen molar-refractivity contribution in [2.24, 2.45) is 11.8 Å². The Bertz CT molecular complexity index is 693. The summed E-state index contributed by atoms with van der Waals surface area (Å²) in [6.07, 6.45) is 10.9. The van der Waals surface area contributed by atoms with Crippen LogP contribution >= 0.6 is 0 Å². The van der Waals surface area contributed by atoms with Crippen molar-refractivity contribution in [3.63, 3.8) is 0 Å². The van der Waals surface area contributed by atoms with Gasteiger partial charge in [0.2, 0.25) is 0 Å². The highest BCUT2D eigenvalue weighted by Gasteiger charge is 2.38. The van der Waals surface area contributed by atoms with E-state index in [2.05, 4.69) is 6.92 Å². The third-order valence-electron chi connectivity index (χ3n) is 8.32. The fourth-order valence-corrected chi connectivity index (χ4v) is 9.86. The highest BCUT2D eigenvalue weighted by molar-refractivity contribution is 6.58. The van der Waals surface area contributed by atoms with Gasteiger partial charge in [0.25, 0.3) is 0 Å². The highest BCUT2D eigenvalue weighted by atomic mass is 28.3. The molecule has 1 aliphatic heterocycles. The molecule has 0 radical (unpaired) electrons. The predicted octanol–water partition coefficient (Wildman–Crippen LogP) is 9.65. The molecule has 188 valence electrons. The molecule has 1 aromatic rings. The molecule has 0 aromatic heterocycles. The molecular weight excluding hydrogens is 447 g/mol. The van der Waals surface area contributed by atoms with E-state index in [4.69, 9.17) is 0 Å². The third kappa shape index (κ3) is 8.07. The summed E-state index contributed by atoms with van der Waals surface area (Å²) in [6, 6.07) is 6.48. The van der Waals surface area contributed by atoms with E-state index in [0.717, 1.165) is 43.7 Å². The minimum Gasteiger partial charge on any atom is -0.206 e. The second-order valence-corrected chi connectivity index (χ2v) is 14.2. The Morgan fingerprint density at radius 1 is 0.788 bits per heavy atom. The number of hydrogen-bond acceptors (Lipinski definition) is 0. The molecule has 33 heavy (non-hydrogen) atoms. The summed E-state index contributed by atoms with van der Waals surface area (Å²) in [5.74, 6) is -1.42. The van der Waals surface area contributed by atoms with E-state index < -0.39 is 32.2 Å². The minimum absolute atomic E-state index is 0.0378. The number of unbranched alkanes of at least 4 members (excludes halogenated alkanes) is 3. The van der Waals surface area contributed by atoms with Gasteiger partial charge < -0.3 is 0 Å². The number of benzene rings is 1. The van der Waals surface area contributed by atoms with Gasteiger partial charge in [-0.3, -0.25) is 0 Å². The first kappa shape index (κ1) is 26.7. The Hall–Kier alpha value is -0.913. The van der Waals surface area contributed by atoms with Crippen molar-refractivity contribution in [3.05, 3.63) is 34.9 Å². The molecule has 0 spiro atoms. The average molecular weight is 489 g/mol. The zero-order chi connectivity index (χ0) is 23.8. The fraction of sp³-hybridized carbons (Fsp3) is 0.778. The van der Waals surface area contributed by atoms with Gasteiger partial charge in [-0.25, -0.2) is 8.78 Å². The van der Waals surface area contributed by atoms with Crippen LogP contribution in [0.1, 0.15) is 107 Å². The minimum atomic E-state index is -5.00. The quantitative estimate of drug-likeness (QED) is 0.175. The molecule has 0 atom stereocenters. The molecule has 0 unspecified atom stereocenters. The maximum atomic E-state index is 13.9. The SMILES string of the molecule is CCCCC[Si@H]1CC[C@H](CCCC[C@H]2CC[C@H](c3cc(F)c(C(F)(F)F)c(F)c3)CC2)CC1. The summed E-state index contributed by atoms with van der Waals surface area (Å²) in [6.45, 7) is 2.28. The van der Waals surface area contributed by atoms with Crippen molar-refractivity contribution in [2.45, 2.75) is 121 Å². The molecule has 2 fully saturated rings. The molecule has 1 saturated heterocycles. The van der Waals surface area contributed by atoms with Crippen LogP contribution in [0.2, 0.25) is 18.1 Å². The van der Waals surface area contributed by atoms with Crippen LogP contribution in [0.5, 0.6) is 0 Å². The standard InChI is InChI=1S/C27H41F5Si/c1-2-3-6-15-33-16-13-21(14-17-33)8-5-4-7-20-9-11-22(12-10-20)23-18-24(28)26(25(29)19-23)27(30,31)32/h18-22,33H,2-17H2,1H3/t20-,21-,22-,33-. The molecule has 0 nitrogen and oxygen atoms in total. The summed E-state index contributed by atoms with van der Waals surface area (Å²) >= 11 is 0. The zero-order valence-electron chi connectivity index (χ0n) is 20.2. The van der Waals surface area contributed by atoms with Crippen LogP contribution < -0.4 is 0 Å². The third-order valence-corrected chi connectivity index (χ3v) is 11.8. The highest BCUT2D eigenvalue weighted by Crippen LogP contribution is 2.41. The molecule has 1 saturated carbocycles. The second-order valence-electron chi connectivity index (χ2n) is 10.7. The molecule has 0 amide bonds. The Kier molecular flexibility index (Phi) is 10.3. The summed E-state index contributed by atoms with van der Waals surface area (Å²) < 4.78 is 66.3. The maximum Gasteiger partial charge on any atom is 0.422 e. The average Bonchev–Trinajstić information content (AvgIpc) is 2.77. The summed E-state index contributed by atoms with van der Waals surface area (Å²) in [4.78, 5) is 0. The van der Waals surface area contributed by atoms with E-state index in [1.165, 1.54) is 57.8 Å². The topological polar surface area (TPSA) is 0 Å². The summed E-state index contributed by atoms with van der Waals surface area (Å²) in [5.41, 5.74) is -1.39. The first-order chi connectivity index (χ1) is 15.8. The van der Waals surface area contributed by atoms with Gasteiger partial charge in [0.15, 0.2) is 0 Å². The predicted molar refractivity (Wildman–Crippen MR) is 128 cm³/mol. The van der Waals surface area contributed by atoms with Crippen molar-refractivity contribution in [3.8, 4) is 0 Å². The van der Waals surface area contributed by atoms with Gasteiger partial charge in [0, 0.05) is 8.80 Å². The van der Waals surface area contributed by atoms with Gasteiger partial charge in [-0.2, -0.15) is 13.2 Å². The number of halogens is 5. The molecule has 0 bridgehead atoms. The van der Waals surface area contributed by atoms with Gasteiger partial charge in [-0.05, 0) is 61.1 Å². The molecule has 6 heteroatoms. The fourth-order valence-electron chi connectivity index (χ4n) is 6.24. The molecule has 2 aliphatic rings. The van der Waals surface area contributed by atoms with E-state index in [1.807, 2.05) is 0 Å². The van der Waals surface area contributed by atoms with Crippen LogP contribution in [0.25, 0.3) is 0 Å². The van der Waals surface area contributed by atoms with Gasteiger partial charge in [0.1, 0.15) is 17.2 Å². The second kappa shape index (κ2) is 12.7. The maximum absolute atomic E-state index is 13.9. The van der Waals surface area contributed by atoms with Gasteiger partial charge >= 0.3 is 6.18 Å². The number of rotatable bonds is 10. The van der Waals surface area contributed by atoms with Crippen LogP contribution in [-0.2, 0) is 6.18 Å². The van der Waals surface area contributed by atoms with E-state index in [9.17, 15) is 22.0 Å². The molecule has 3 rings (SSSR count). The van der Waals surface area contributed by atoms with E-state index >= 15 is 0 Å². The van der Waals surface area contributed by atoms with Crippen LogP contribution in [0.3, 0.4) is 0 Å². The smallest absolute Gasteiger partial charge is 0.206 e. The van der Waals surface area contributed by atoms with Crippen LogP contribution in [0, 0.1) is 23.5 Å². The first-order valence-electron chi connectivity index (χ1n) is 13.3. The van der Waals surface area contributed by atoms with E-state index in [-0.39, 0.29) is 5.92 Å². The van der Waals surface area contributed by atoms with Crippen molar-refractivity contribution >= 4 is 8.80 Å². The summed E-state index contributed by atoms with van der Waals surface area (Å²) in [5, 5.41) is 0. The van der Waals surface area contributed by atoms with Crippen molar-refractivity contribution < 1.29 is 22.0 Å². The lowest BCUT2D eigenvalue weighted by Gasteiger charge is -2.30. The summed E-state index contributed by atoms with van der Waals surface area (Å²) in [7, 11) is -0.413. The molecule has 1 aromatic carbocycles. The van der Waals surface area contributed by atoms with Gasteiger partial charge in [-0.15, -0.1) is 0 Å². The van der Waals surface area contributed by atoms with Crippen molar-refractivity contribution in [2.75, 3.05) is 0 Å². The van der Waals surface area contributed by atoms with Gasteiger partial charge in [0.05, 0.1) is 0 Å². The largest absolute Gasteiger partial charge is 0.422 e. The lowest BCUT2D eigenvalue weighted by Crippen LogP contribution is -2.21. The monoisotopic (exact) mass is 488 g/mol. The lowest BCUT2D eigenvalue weighted by atomic mass is 9.76. The number of hydrogen-bond donors (Lipinski definition) is 0. The lowest BCUT2D eigenvalue weighted by molar-refractivity contribution is -0.142. The van der Waals surface area contributed by atoms with Crippen molar-refractivity contribution in [1.82, 2.24) is 0 Å². The van der Waals surface area contributed by atoms with Crippen molar-refractivity contribution in [1.29, 1.82) is 0 Å². The first-order valence-corrected chi connectivity index (χ1v) is 15.8. The van der Waals surface area contributed by atoms with Crippen LogP contribution in [0.15, 0.2) is 12.1 Å². The Morgan fingerprint density at radius 2 is 1.33 bits per heavy atom. The van der Waals surface area contributed by atoms with Gasteiger partial charge in [-0.1, -0.05) is 82.8 Å². The molecule has 1 aliphatic carbocycles. The van der Waals surface area contributed by atoms with E-state index in [0.29, 0.717) is 11.5 Å². The Labute approximate surface area is 198 Å². The number of alkyl halides is 3. The molecule has 0 N–H and O–H groups in total. The van der Waals surface area contributed by atoms with Crippen LogP contribution in [-0.4, -0.2) is 8.80 Å². The zero-order valence-corrected chi connectivity index (χ0v) is 21.3. The molecule has 1 heterocycles. The Morgan fingerprint density at radius 3 is 1.85 bits per heavy atom. The Balaban J connectivity index is 1.32. The van der Waals surface area contributed by atoms with E-state index in [1.54, 1.807) is 18.1 Å². The van der Waals surface area contributed by atoms with Crippen LogP contribution in [0.4, 0.5) is 22.0 Å². The molecular formula is C27H41F5Si.